The number of ether oxygens (including phenoxy) is 3. The first-order chi connectivity index (χ1) is 10.6. The maximum absolute atomic E-state index is 12.3. The van der Waals surface area contributed by atoms with Gasteiger partial charge in [-0.3, -0.25) is 4.79 Å². The monoisotopic (exact) mass is 298 g/mol. The molecule has 0 amide bonds. The van der Waals surface area contributed by atoms with E-state index >= 15 is 0 Å². The Morgan fingerprint density at radius 1 is 1.14 bits per heavy atom. The molecule has 3 rings (SSSR count). The predicted molar refractivity (Wildman–Crippen MR) is 80.6 cm³/mol. The summed E-state index contributed by atoms with van der Waals surface area (Å²) in [6.45, 7) is 0. The Labute approximate surface area is 127 Å². The molecule has 1 aliphatic rings. The second kappa shape index (κ2) is 5.44. The van der Waals surface area contributed by atoms with E-state index < -0.39 is 0 Å². The van der Waals surface area contributed by atoms with E-state index in [2.05, 4.69) is 0 Å². The van der Waals surface area contributed by atoms with E-state index in [0.717, 1.165) is 0 Å². The van der Waals surface area contributed by atoms with Crippen molar-refractivity contribution in [1.29, 1.82) is 0 Å². The number of phenols is 1. The van der Waals surface area contributed by atoms with Crippen LogP contribution >= 0.6 is 0 Å². The van der Waals surface area contributed by atoms with Crippen molar-refractivity contribution in [3.8, 4) is 23.0 Å². The number of carbonyl (C=O) groups is 1. The number of carbonyl (C=O) groups excluding carboxylic acids is 1. The Morgan fingerprint density at radius 3 is 2.68 bits per heavy atom. The van der Waals surface area contributed by atoms with Gasteiger partial charge in [0.25, 0.3) is 0 Å². The molecule has 22 heavy (non-hydrogen) atoms. The summed E-state index contributed by atoms with van der Waals surface area (Å²) in [6.07, 6.45) is 1.60. The normalized spacial score (nSPS) is 14.6. The van der Waals surface area contributed by atoms with Crippen LogP contribution in [0.2, 0.25) is 0 Å². The SMILES string of the molecule is COc1cccc(/C=C2/Oc3cc(O)ccc3C2=O)c1OC. The molecule has 2 aromatic rings. The van der Waals surface area contributed by atoms with Crippen LogP contribution in [0.5, 0.6) is 23.0 Å². The third-order valence-corrected chi connectivity index (χ3v) is 3.37. The second-order valence-corrected chi connectivity index (χ2v) is 4.70. The molecule has 0 aliphatic carbocycles. The minimum absolute atomic E-state index is 0.0479. The van der Waals surface area contributed by atoms with E-state index in [1.807, 2.05) is 0 Å². The van der Waals surface area contributed by atoms with Gasteiger partial charge in [0.15, 0.2) is 17.3 Å². The zero-order chi connectivity index (χ0) is 15.7. The van der Waals surface area contributed by atoms with Gasteiger partial charge in [0.1, 0.15) is 11.5 Å². The molecule has 2 aromatic carbocycles. The average molecular weight is 298 g/mol. The van der Waals surface area contributed by atoms with E-state index in [9.17, 15) is 9.90 Å². The summed E-state index contributed by atoms with van der Waals surface area (Å²) in [4.78, 5) is 12.3. The molecular weight excluding hydrogens is 284 g/mol. The molecule has 0 aromatic heterocycles. The number of rotatable bonds is 3. The zero-order valence-corrected chi connectivity index (χ0v) is 12.1. The second-order valence-electron chi connectivity index (χ2n) is 4.70. The van der Waals surface area contributed by atoms with Crippen molar-refractivity contribution in [3.05, 3.63) is 53.3 Å². The summed E-state index contributed by atoms with van der Waals surface area (Å²) in [6, 6.07) is 9.77. The van der Waals surface area contributed by atoms with Gasteiger partial charge in [0.2, 0.25) is 5.78 Å². The molecular formula is C17H14O5. The molecule has 5 heteroatoms. The first kappa shape index (κ1) is 14.0. The van der Waals surface area contributed by atoms with E-state index in [1.165, 1.54) is 25.3 Å². The van der Waals surface area contributed by atoms with E-state index in [4.69, 9.17) is 14.2 Å². The van der Waals surface area contributed by atoms with Crippen LogP contribution in [0.15, 0.2) is 42.2 Å². The number of fused-ring (bicyclic) bond motifs is 1. The van der Waals surface area contributed by atoms with Gasteiger partial charge < -0.3 is 19.3 Å². The van der Waals surface area contributed by atoms with Crippen molar-refractivity contribution < 1.29 is 24.1 Å². The summed E-state index contributed by atoms with van der Waals surface area (Å²) in [5.74, 6) is 1.42. The van der Waals surface area contributed by atoms with E-state index in [-0.39, 0.29) is 17.3 Å². The maximum atomic E-state index is 12.3. The molecule has 0 atom stereocenters. The summed E-state index contributed by atoms with van der Waals surface area (Å²) >= 11 is 0. The first-order valence-electron chi connectivity index (χ1n) is 6.62. The lowest BCUT2D eigenvalue weighted by Crippen LogP contribution is -1.99. The molecule has 0 saturated heterocycles. The van der Waals surface area contributed by atoms with Gasteiger partial charge in [0, 0.05) is 11.6 Å². The number of aromatic hydroxyl groups is 1. The molecule has 0 bridgehead atoms. The number of Topliss-reactive ketones (excluding diaryl/α,β-unsaturated/α-hetero) is 1. The summed E-state index contributed by atoms with van der Waals surface area (Å²) in [5.41, 5.74) is 1.09. The predicted octanol–water partition coefficient (Wildman–Crippen LogP) is 3.03. The fraction of sp³-hybridized carbons (Fsp3) is 0.118. The zero-order valence-electron chi connectivity index (χ0n) is 12.1. The molecule has 0 spiro atoms. The van der Waals surface area contributed by atoms with Crippen molar-refractivity contribution in [2.75, 3.05) is 14.2 Å². The van der Waals surface area contributed by atoms with Gasteiger partial charge in [-0.05, 0) is 24.3 Å². The standard InChI is InChI=1S/C17H14O5/c1-20-13-5-3-4-10(17(13)21-2)8-15-16(19)12-7-6-11(18)9-14(12)22-15/h3-9,18H,1-2H3/b15-8+. The fourth-order valence-electron chi connectivity index (χ4n) is 2.34. The molecule has 5 nitrogen and oxygen atoms in total. The molecule has 112 valence electrons. The highest BCUT2D eigenvalue weighted by molar-refractivity contribution is 6.14. The Balaban J connectivity index is 2.03. The lowest BCUT2D eigenvalue weighted by molar-refractivity contribution is 0.101. The minimum Gasteiger partial charge on any atom is -0.508 e. The van der Waals surface area contributed by atoms with Gasteiger partial charge in [-0.2, -0.15) is 0 Å². The van der Waals surface area contributed by atoms with Crippen molar-refractivity contribution in [2.45, 2.75) is 0 Å². The van der Waals surface area contributed by atoms with Crippen LogP contribution in [-0.2, 0) is 0 Å². The molecule has 0 fully saturated rings. The number of para-hydroxylation sites is 1. The molecule has 1 aliphatic heterocycles. The Morgan fingerprint density at radius 2 is 1.95 bits per heavy atom. The number of hydrogen-bond acceptors (Lipinski definition) is 5. The number of phenolic OH excluding ortho intramolecular Hbond substituents is 1. The summed E-state index contributed by atoms with van der Waals surface area (Å²) < 4.78 is 16.1. The Bertz CT molecular complexity index is 777. The molecule has 0 saturated carbocycles. The number of allylic oxidation sites excluding steroid dienone is 1. The van der Waals surface area contributed by atoms with Crippen molar-refractivity contribution in [3.63, 3.8) is 0 Å². The van der Waals surface area contributed by atoms with Crippen LogP contribution in [0.3, 0.4) is 0 Å². The van der Waals surface area contributed by atoms with Gasteiger partial charge in [0.05, 0.1) is 19.8 Å². The molecule has 0 radical (unpaired) electrons. The van der Waals surface area contributed by atoms with Crippen LogP contribution in [0.25, 0.3) is 6.08 Å². The quantitative estimate of drug-likeness (QED) is 0.882. The highest BCUT2D eigenvalue weighted by Crippen LogP contribution is 2.37. The van der Waals surface area contributed by atoms with Gasteiger partial charge in [-0.1, -0.05) is 12.1 Å². The third kappa shape index (κ3) is 2.26. The third-order valence-electron chi connectivity index (χ3n) is 3.37. The maximum Gasteiger partial charge on any atom is 0.231 e. The lowest BCUT2D eigenvalue weighted by atomic mass is 10.1. The molecule has 1 N–H and O–H groups in total. The van der Waals surface area contributed by atoms with Crippen LogP contribution in [0.4, 0.5) is 0 Å². The van der Waals surface area contributed by atoms with E-state index in [0.29, 0.717) is 28.4 Å². The first-order valence-corrected chi connectivity index (χ1v) is 6.62. The van der Waals surface area contributed by atoms with Crippen LogP contribution in [0.1, 0.15) is 15.9 Å². The topological polar surface area (TPSA) is 65.0 Å². The van der Waals surface area contributed by atoms with Crippen molar-refractivity contribution in [1.82, 2.24) is 0 Å². The van der Waals surface area contributed by atoms with Crippen molar-refractivity contribution >= 4 is 11.9 Å². The highest BCUT2D eigenvalue weighted by Gasteiger charge is 2.28. The minimum atomic E-state index is -0.236. The largest absolute Gasteiger partial charge is 0.508 e. The van der Waals surface area contributed by atoms with Gasteiger partial charge in [-0.25, -0.2) is 0 Å². The van der Waals surface area contributed by atoms with Crippen LogP contribution in [-0.4, -0.2) is 25.1 Å². The highest BCUT2D eigenvalue weighted by atomic mass is 16.5. The number of hydrogen-bond donors (Lipinski definition) is 1. The summed E-state index contributed by atoms with van der Waals surface area (Å²) in [7, 11) is 3.08. The average Bonchev–Trinajstić information content (AvgIpc) is 2.82. The number of methoxy groups -OCH3 is 2. The molecule has 1 heterocycles. The lowest BCUT2D eigenvalue weighted by Gasteiger charge is -2.10. The number of benzene rings is 2. The van der Waals surface area contributed by atoms with Crippen molar-refractivity contribution in [2.24, 2.45) is 0 Å². The summed E-state index contributed by atoms with van der Waals surface area (Å²) in [5, 5.41) is 9.46. The fourth-order valence-corrected chi connectivity index (χ4v) is 2.34. The smallest absolute Gasteiger partial charge is 0.231 e. The molecule has 0 unspecified atom stereocenters. The van der Waals surface area contributed by atoms with Gasteiger partial charge in [-0.15, -0.1) is 0 Å². The Hall–Kier alpha value is -2.95. The van der Waals surface area contributed by atoms with Crippen LogP contribution < -0.4 is 14.2 Å². The van der Waals surface area contributed by atoms with Gasteiger partial charge >= 0.3 is 0 Å². The van der Waals surface area contributed by atoms with Crippen LogP contribution in [0, 0.1) is 0 Å². The Kier molecular flexibility index (Phi) is 3.47. The van der Waals surface area contributed by atoms with E-state index in [1.54, 1.807) is 31.4 Å². The number of ketones is 1.